The van der Waals surface area contributed by atoms with Gasteiger partial charge in [0.1, 0.15) is 10.5 Å². The zero-order valence-corrected chi connectivity index (χ0v) is 9.52. The van der Waals surface area contributed by atoms with Crippen LogP contribution in [-0.2, 0) is 4.43 Å². The summed E-state index contributed by atoms with van der Waals surface area (Å²) in [6.45, 7) is 0. The quantitative estimate of drug-likeness (QED) is 0.556. The largest absolute Gasteiger partial charge is 0.425 e. The molecule has 0 heterocycles. The molecule has 0 aromatic rings. The third kappa shape index (κ3) is 3.03. The van der Waals surface area contributed by atoms with E-state index in [2.05, 4.69) is 4.43 Å². The predicted molar refractivity (Wildman–Crippen MR) is 36.5 cm³/mol. The summed E-state index contributed by atoms with van der Waals surface area (Å²) in [6, 6.07) is 0. The SMILES string of the molecule is FC(F)(F)CC(O[SiH3])(C(F)(F)F)C(F)(F)F. The van der Waals surface area contributed by atoms with Crippen LogP contribution >= 0.6 is 0 Å². The van der Waals surface area contributed by atoms with Gasteiger partial charge in [-0.25, -0.2) is 0 Å². The first kappa shape index (κ1) is 15.5. The van der Waals surface area contributed by atoms with Crippen LogP contribution in [0.25, 0.3) is 0 Å². The fraction of sp³-hybridized carbons (Fsp3) is 1.00. The molecule has 0 unspecified atom stereocenters. The molecule has 0 saturated carbocycles. The second-order valence-electron chi connectivity index (χ2n) is 2.82. The zero-order chi connectivity index (χ0) is 13.4. The van der Waals surface area contributed by atoms with E-state index in [1.54, 1.807) is 0 Å². The van der Waals surface area contributed by atoms with E-state index in [0.29, 0.717) is 0 Å². The van der Waals surface area contributed by atoms with Crippen LogP contribution in [0.1, 0.15) is 6.42 Å². The van der Waals surface area contributed by atoms with E-state index in [0.717, 1.165) is 0 Å². The highest BCUT2D eigenvalue weighted by atomic mass is 28.2. The van der Waals surface area contributed by atoms with Crippen molar-refractivity contribution < 1.29 is 43.9 Å². The summed E-state index contributed by atoms with van der Waals surface area (Å²) in [5.41, 5.74) is -5.16. The lowest BCUT2D eigenvalue weighted by molar-refractivity contribution is -0.377. The molecule has 0 aromatic carbocycles. The highest BCUT2D eigenvalue weighted by Crippen LogP contribution is 2.50. The average Bonchev–Trinajstić information content (AvgIpc) is 1.93. The van der Waals surface area contributed by atoms with Crippen LogP contribution in [0.2, 0.25) is 0 Å². The van der Waals surface area contributed by atoms with Crippen molar-refractivity contribution in [3.63, 3.8) is 0 Å². The lowest BCUT2D eigenvalue weighted by atomic mass is 9.98. The summed E-state index contributed by atoms with van der Waals surface area (Å²) < 4.78 is 111. The molecule has 0 amide bonds. The third-order valence-corrected chi connectivity index (χ3v) is 2.41. The minimum Gasteiger partial charge on any atom is -0.408 e. The van der Waals surface area contributed by atoms with E-state index in [1.165, 1.54) is 0 Å². The molecule has 0 fully saturated rings. The van der Waals surface area contributed by atoms with E-state index in [-0.39, 0.29) is 0 Å². The highest BCUT2D eigenvalue weighted by molar-refractivity contribution is 5.98. The van der Waals surface area contributed by atoms with Crippen molar-refractivity contribution in [2.75, 3.05) is 0 Å². The van der Waals surface area contributed by atoms with Gasteiger partial charge in [0.25, 0.3) is 5.60 Å². The third-order valence-electron chi connectivity index (χ3n) is 1.71. The van der Waals surface area contributed by atoms with Crippen molar-refractivity contribution in [1.29, 1.82) is 0 Å². The van der Waals surface area contributed by atoms with Gasteiger partial charge in [-0.3, -0.25) is 0 Å². The van der Waals surface area contributed by atoms with Gasteiger partial charge in [0, 0.05) is 0 Å². The molecule has 0 aromatic heterocycles. The minimum atomic E-state index is -6.18. The number of hydrogen-bond donors (Lipinski definition) is 0. The summed E-state index contributed by atoms with van der Waals surface area (Å²) in [7, 11) is -1.14. The van der Waals surface area contributed by atoms with Crippen molar-refractivity contribution in [2.45, 2.75) is 30.6 Å². The Labute approximate surface area is 86.1 Å². The molecule has 0 bridgehead atoms. The molecule has 98 valence electrons. The van der Waals surface area contributed by atoms with Gasteiger partial charge in [-0.1, -0.05) is 0 Å². The Kier molecular flexibility index (Phi) is 3.97. The normalized spacial score (nSPS) is 15.6. The molecule has 0 N–H and O–H groups in total. The minimum absolute atomic E-state index is 1.14. The lowest BCUT2D eigenvalue weighted by Crippen LogP contribution is -2.60. The molecule has 0 radical (unpaired) electrons. The summed E-state index contributed by atoms with van der Waals surface area (Å²) in [6.07, 6.45) is -21.1. The molecular weight excluding hydrogens is 275 g/mol. The van der Waals surface area contributed by atoms with Gasteiger partial charge in [0.15, 0.2) is 0 Å². The zero-order valence-electron chi connectivity index (χ0n) is 7.52. The molecule has 0 saturated heterocycles. The number of rotatable bonds is 2. The van der Waals surface area contributed by atoms with E-state index < -0.39 is 41.0 Å². The number of halogens is 9. The molecule has 0 rings (SSSR count). The first-order valence-electron chi connectivity index (χ1n) is 3.52. The van der Waals surface area contributed by atoms with Crippen molar-refractivity contribution in [3.8, 4) is 0 Å². The number of alkyl halides is 9. The molecule has 0 spiro atoms. The monoisotopic (exact) mass is 280 g/mol. The predicted octanol–water partition coefficient (Wildman–Crippen LogP) is 2.10. The summed E-state index contributed by atoms with van der Waals surface area (Å²) in [5.74, 6) is 0. The van der Waals surface area contributed by atoms with Gasteiger partial charge in [0.05, 0.1) is 6.42 Å². The summed E-state index contributed by atoms with van der Waals surface area (Å²) >= 11 is 0. The van der Waals surface area contributed by atoms with Gasteiger partial charge < -0.3 is 4.43 Å². The maximum Gasteiger partial charge on any atom is 0.425 e. The van der Waals surface area contributed by atoms with Crippen LogP contribution in [0.5, 0.6) is 0 Å². The van der Waals surface area contributed by atoms with E-state index in [9.17, 15) is 39.5 Å². The Hall–Kier alpha value is -0.453. The lowest BCUT2D eigenvalue weighted by Gasteiger charge is -2.36. The summed E-state index contributed by atoms with van der Waals surface area (Å²) in [5, 5.41) is 0. The van der Waals surface area contributed by atoms with Crippen LogP contribution < -0.4 is 0 Å². The Morgan fingerprint density at radius 1 is 0.750 bits per heavy atom. The Morgan fingerprint density at radius 3 is 1.12 bits per heavy atom. The Balaban J connectivity index is 5.51. The maximum atomic E-state index is 12.1. The van der Waals surface area contributed by atoms with Crippen LogP contribution in [0, 0.1) is 0 Å². The molecule has 0 aliphatic heterocycles. The van der Waals surface area contributed by atoms with E-state index in [1.807, 2.05) is 0 Å². The van der Waals surface area contributed by atoms with Gasteiger partial charge in [-0.15, -0.1) is 0 Å². The van der Waals surface area contributed by atoms with Crippen molar-refractivity contribution in [1.82, 2.24) is 0 Å². The molecule has 0 atom stereocenters. The van der Waals surface area contributed by atoms with Gasteiger partial charge in [0.2, 0.25) is 0 Å². The van der Waals surface area contributed by atoms with Crippen LogP contribution in [-0.4, -0.2) is 34.6 Å². The van der Waals surface area contributed by atoms with Gasteiger partial charge in [-0.2, -0.15) is 39.5 Å². The smallest absolute Gasteiger partial charge is 0.408 e. The Bertz CT molecular complexity index is 224. The topological polar surface area (TPSA) is 9.23 Å². The van der Waals surface area contributed by atoms with Gasteiger partial charge in [-0.05, 0) is 0 Å². The maximum absolute atomic E-state index is 12.1. The second-order valence-corrected chi connectivity index (χ2v) is 3.23. The molecule has 0 aliphatic carbocycles. The fourth-order valence-corrected chi connectivity index (χ4v) is 1.55. The molecule has 11 heteroatoms. The molecule has 1 nitrogen and oxygen atoms in total. The highest BCUT2D eigenvalue weighted by Gasteiger charge is 2.74. The van der Waals surface area contributed by atoms with Crippen LogP contribution in [0.15, 0.2) is 0 Å². The standard InChI is InChI=1S/C5H5F9OSi/c6-3(7,8)1-2(15-16,4(9,10)11)5(12,13)14/h1H2,16H3. The van der Waals surface area contributed by atoms with Crippen LogP contribution in [0.4, 0.5) is 39.5 Å². The van der Waals surface area contributed by atoms with Crippen molar-refractivity contribution >= 4 is 10.5 Å². The van der Waals surface area contributed by atoms with E-state index >= 15 is 0 Å². The molecule has 0 aliphatic rings. The first-order valence-corrected chi connectivity index (χ1v) is 4.34. The molecular formula is C5H5F9OSi. The molecule has 16 heavy (non-hydrogen) atoms. The van der Waals surface area contributed by atoms with Gasteiger partial charge >= 0.3 is 18.5 Å². The average molecular weight is 280 g/mol. The van der Waals surface area contributed by atoms with Crippen molar-refractivity contribution in [3.05, 3.63) is 0 Å². The fourth-order valence-electron chi connectivity index (χ4n) is 0.947. The summed E-state index contributed by atoms with van der Waals surface area (Å²) in [4.78, 5) is 0. The van der Waals surface area contributed by atoms with Crippen molar-refractivity contribution in [2.24, 2.45) is 0 Å². The Morgan fingerprint density at radius 2 is 1.06 bits per heavy atom. The first-order chi connectivity index (χ1) is 6.77. The van der Waals surface area contributed by atoms with Crippen LogP contribution in [0.3, 0.4) is 0 Å². The second kappa shape index (κ2) is 4.09. The number of hydrogen-bond acceptors (Lipinski definition) is 1. The van der Waals surface area contributed by atoms with E-state index in [4.69, 9.17) is 0 Å².